The topological polar surface area (TPSA) is 0 Å². The van der Waals surface area contributed by atoms with E-state index in [0.717, 1.165) is 0 Å². The van der Waals surface area contributed by atoms with Crippen LogP contribution in [0.15, 0.2) is 24.3 Å². The number of thiophene rings is 6. The summed E-state index contributed by atoms with van der Waals surface area (Å²) in [4.78, 5) is 3.18. The molecule has 0 amide bonds. The van der Waals surface area contributed by atoms with E-state index in [0.29, 0.717) is 0 Å². The molecule has 0 fully saturated rings. The first kappa shape index (κ1) is 27.8. The van der Waals surface area contributed by atoms with Crippen LogP contribution < -0.4 is 0 Å². The highest BCUT2D eigenvalue weighted by Crippen LogP contribution is 2.52. The maximum Gasteiger partial charge on any atom is 0.0642 e. The van der Waals surface area contributed by atoms with Gasteiger partial charge >= 0.3 is 0 Å². The molecule has 40 heavy (non-hydrogen) atoms. The van der Waals surface area contributed by atoms with E-state index in [4.69, 9.17) is 0 Å². The number of fused-ring (bicyclic) bond motifs is 10. The van der Waals surface area contributed by atoms with Gasteiger partial charge in [0.05, 0.1) is 28.2 Å². The molecule has 0 aliphatic rings. The highest BCUT2D eigenvalue weighted by molar-refractivity contribution is 7.42. The van der Waals surface area contributed by atoms with Crippen LogP contribution >= 0.6 is 68.0 Å². The molecular weight excluding hydrogens is 601 g/mol. The van der Waals surface area contributed by atoms with Gasteiger partial charge in [0, 0.05) is 39.3 Å². The van der Waals surface area contributed by atoms with E-state index in [2.05, 4.69) is 60.8 Å². The van der Waals surface area contributed by atoms with Crippen LogP contribution in [0.2, 0.25) is 0 Å². The van der Waals surface area contributed by atoms with Crippen molar-refractivity contribution in [2.24, 2.45) is 0 Å². The van der Waals surface area contributed by atoms with Gasteiger partial charge in [-0.25, -0.2) is 0 Å². The summed E-state index contributed by atoms with van der Waals surface area (Å²) in [5, 5.41) is 2.97. The van der Waals surface area contributed by atoms with Gasteiger partial charge < -0.3 is 0 Å². The van der Waals surface area contributed by atoms with Gasteiger partial charge in [-0.05, 0) is 49.9 Å². The normalized spacial score (nSPS) is 12.7. The van der Waals surface area contributed by atoms with E-state index in [9.17, 15) is 0 Å². The molecule has 0 aliphatic heterocycles. The zero-order valence-electron chi connectivity index (χ0n) is 23.7. The second kappa shape index (κ2) is 12.3. The van der Waals surface area contributed by atoms with Gasteiger partial charge in [-0.15, -0.1) is 68.0 Å². The van der Waals surface area contributed by atoms with Gasteiger partial charge in [0.2, 0.25) is 0 Å². The summed E-state index contributed by atoms with van der Waals surface area (Å²) in [6.45, 7) is 4.60. The minimum Gasteiger partial charge on any atom is -0.138 e. The SMILES string of the molecule is CCCCCCCCc1cc2sc3c4cc5sc6c7sc(CCCCCCCC)cc7sc6c5cc4sc3c2s1. The maximum absolute atomic E-state index is 2.52. The van der Waals surface area contributed by atoms with E-state index in [1.54, 1.807) is 19.2 Å². The lowest BCUT2D eigenvalue weighted by molar-refractivity contribution is 0.609. The maximum atomic E-state index is 2.52. The predicted molar refractivity (Wildman–Crippen MR) is 193 cm³/mol. The smallest absolute Gasteiger partial charge is 0.0642 e. The molecule has 0 N–H and O–H groups in total. The minimum atomic E-state index is 1.26. The molecule has 0 radical (unpaired) electrons. The first-order chi connectivity index (χ1) is 19.7. The second-order valence-corrected chi connectivity index (χ2v) is 17.9. The molecule has 6 aromatic heterocycles. The minimum absolute atomic E-state index is 1.26. The van der Waals surface area contributed by atoms with Crippen molar-refractivity contribution in [2.75, 3.05) is 0 Å². The number of rotatable bonds is 14. The van der Waals surface area contributed by atoms with Crippen molar-refractivity contribution in [3.63, 3.8) is 0 Å². The molecule has 0 aliphatic carbocycles. The van der Waals surface area contributed by atoms with Crippen LogP contribution in [0.1, 0.15) is 101 Å². The third-order valence-electron chi connectivity index (χ3n) is 8.30. The van der Waals surface area contributed by atoms with E-state index in [1.807, 2.05) is 45.3 Å². The Morgan fingerprint density at radius 2 is 0.775 bits per heavy atom. The van der Waals surface area contributed by atoms with Crippen molar-refractivity contribution in [3.05, 3.63) is 34.0 Å². The van der Waals surface area contributed by atoms with Crippen LogP contribution in [0.5, 0.6) is 0 Å². The molecule has 0 saturated heterocycles. The molecule has 0 atom stereocenters. The number of hydrogen-bond acceptors (Lipinski definition) is 6. The molecule has 0 nitrogen and oxygen atoms in total. The molecule has 210 valence electrons. The average molecular weight is 639 g/mol. The van der Waals surface area contributed by atoms with Crippen molar-refractivity contribution in [1.29, 1.82) is 0 Å². The van der Waals surface area contributed by atoms with Crippen LogP contribution in [0.4, 0.5) is 0 Å². The lowest BCUT2D eigenvalue weighted by atomic mass is 10.1. The summed E-state index contributed by atoms with van der Waals surface area (Å²) in [6, 6.07) is 10.1. The largest absolute Gasteiger partial charge is 0.138 e. The van der Waals surface area contributed by atoms with E-state index in [1.165, 1.54) is 138 Å². The number of hydrogen-bond donors (Lipinski definition) is 0. The molecule has 7 aromatic rings. The highest BCUT2D eigenvalue weighted by atomic mass is 32.1. The van der Waals surface area contributed by atoms with Crippen LogP contribution in [-0.4, -0.2) is 0 Å². The summed E-state index contributed by atoms with van der Waals surface area (Å²) in [5.41, 5.74) is 0. The van der Waals surface area contributed by atoms with Crippen molar-refractivity contribution in [3.8, 4) is 0 Å². The summed E-state index contributed by atoms with van der Waals surface area (Å²) in [6.07, 6.45) is 19.1. The third-order valence-corrected chi connectivity index (χ3v) is 16.2. The van der Waals surface area contributed by atoms with E-state index >= 15 is 0 Å². The summed E-state index contributed by atoms with van der Waals surface area (Å²) in [5.74, 6) is 0. The zero-order valence-corrected chi connectivity index (χ0v) is 28.6. The molecule has 0 bridgehead atoms. The van der Waals surface area contributed by atoms with Gasteiger partial charge in [0.25, 0.3) is 0 Å². The van der Waals surface area contributed by atoms with E-state index in [-0.39, 0.29) is 0 Å². The van der Waals surface area contributed by atoms with Crippen molar-refractivity contribution >= 4 is 126 Å². The molecule has 0 spiro atoms. The van der Waals surface area contributed by atoms with Crippen molar-refractivity contribution in [2.45, 2.75) is 104 Å². The standard InChI is InChI=1S/C34H38S6/c1-3-5-7-9-11-13-15-21-17-27-31(35-21)33-29(39-27)23-19-26-24(20-25(23)37-33)30-34(38-26)32-28(40-30)18-22(36-32)16-14-12-10-8-6-4-2/h17-20H,3-16H2,1-2H3. The molecule has 1 aromatic carbocycles. The number of aryl methyl sites for hydroxylation is 2. The van der Waals surface area contributed by atoms with Gasteiger partial charge in [-0.1, -0.05) is 78.1 Å². The molecule has 0 saturated carbocycles. The Balaban J connectivity index is 1.13. The Bertz CT molecular complexity index is 1750. The van der Waals surface area contributed by atoms with Crippen molar-refractivity contribution in [1.82, 2.24) is 0 Å². The summed E-state index contributed by atoms with van der Waals surface area (Å²) < 4.78 is 15.2. The number of benzene rings is 1. The van der Waals surface area contributed by atoms with Gasteiger partial charge in [-0.2, -0.15) is 0 Å². The van der Waals surface area contributed by atoms with Gasteiger partial charge in [0.15, 0.2) is 0 Å². The Morgan fingerprint density at radius 1 is 0.375 bits per heavy atom. The Labute approximate surface area is 261 Å². The third kappa shape index (κ3) is 5.31. The highest BCUT2D eigenvalue weighted by Gasteiger charge is 2.19. The Hall–Kier alpha value is -1.02. The fraction of sp³-hybridized carbons (Fsp3) is 0.471. The Morgan fingerprint density at radius 3 is 1.23 bits per heavy atom. The van der Waals surface area contributed by atoms with Crippen LogP contribution in [0, 0.1) is 0 Å². The fourth-order valence-electron chi connectivity index (χ4n) is 6.08. The first-order valence-electron chi connectivity index (χ1n) is 15.4. The van der Waals surface area contributed by atoms with Gasteiger partial charge in [-0.3, -0.25) is 0 Å². The lowest BCUT2D eigenvalue weighted by Gasteiger charge is -1.99. The summed E-state index contributed by atoms with van der Waals surface area (Å²) in [7, 11) is 0. The lowest BCUT2D eigenvalue weighted by Crippen LogP contribution is -1.82. The predicted octanol–water partition coefficient (Wildman–Crippen LogP) is 14.8. The van der Waals surface area contributed by atoms with Gasteiger partial charge in [0.1, 0.15) is 0 Å². The zero-order chi connectivity index (χ0) is 27.1. The molecule has 7 rings (SSSR count). The Kier molecular flexibility index (Phi) is 8.55. The first-order valence-corrected chi connectivity index (χ1v) is 20.3. The van der Waals surface area contributed by atoms with Crippen LogP contribution in [0.25, 0.3) is 57.8 Å². The van der Waals surface area contributed by atoms with E-state index < -0.39 is 0 Å². The molecule has 0 unspecified atom stereocenters. The fourth-order valence-corrected chi connectivity index (χ4v) is 14.5. The average Bonchev–Trinajstić information content (AvgIpc) is 3.77. The second-order valence-electron chi connectivity index (χ2n) is 11.4. The monoisotopic (exact) mass is 638 g/mol. The number of unbranched alkanes of at least 4 members (excludes halogenated alkanes) is 10. The molecule has 6 heterocycles. The van der Waals surface area contributed by atoms with Crippen LogP contribution in [0.3, 0.4) is 0 Å². The van der Waals surface area contributed by atoms with Crippen LogP contribution in [-0.2, 0) is 12.8 Å². The molecular formula is C34H38S6. The molecule has 6 heteroatoms. The quantitative estimate of drug-likeness (QED) is 0.104. The van der Waals surface area contributed by atoms with Crippen molar-refractivity contribution < 1.29 is 0 Å². The summed E-state index contributed by atoms with van der Waals surface area (Å²) >= 11 is 12.3.